The van der Waals surface area contributed by atoms with E-state index in [0.29, 0.717) is 11.3 Å². The molecule has 2 aromatic rings. The third kappa shape index (κ3) is 2.18. The summed E-state index contributed by atoms with van der Waals surface area (Å²) >= 11 is 1.96. The van der Waals surface area contributed by atoms with Gasteiger partial charge in [0.2, 0.25) is 0 Å². The third-order valence-corrected chi connectivity index (χ3v) is 4.92. The van der Waals surface area contributed by atoms with E-state index in [4.69, 9.17) is 0 Å². The average molecular weight is 255 g/mol. The highest BCUT2D eigenvalue weighted by Gasteiger charge is 2.31. The van der Waals surface area contributed by atoms with Gasteiger partial charge in [-0.2, -0.15) is 0 Å². The highest BCUT2D eigenvalue weighted by molar-refractivity contribution is 7.99. The molecule has 0 saturated carbocycles. The van der Waals surface area contributed by atoms with Gasteiger partial charge in [-0.3, -0.25) is 0 Å². The summed E-state index contributed by atoms with van der Waals surface area (Å²) in [6, 6.07) is 20.0. The van der Waals surface area contributed by atoms with Crippen molar-refractivity contribution in [2.45, 2.75) is 22.6 Å². The molecule has 0 saturated heterocycles. The highest BCUT2D eigenvalue weighted by atomic mass is 32.2. The lowest BCUT2D eigenvalue weighted by Gasteiger charge is -2.19. The summed E-state index contributed by atoms with van der Waals surface area (Å²) in [7, 11) is 2.06. The van der Waals surface area contributed by atoms with Gasteiger partial charge in [0.25, 0.3) is 0 Å². The molecule has 2 atom stereocenters. The van der Waals surface area contributed by atoms with Crippen molar-refractivity contribution in [2.24, 2.45) is 0 Å². The second kappa shape index (κ2) is 5.17. The van der Waals surface area contributed by atoms with Crippen LogP contribution in [0.5, 0.6) is 0 Å². The van der Waals surface area contributed by atoms with Gasteiger partial charge in [-0.25, -0.2) is 0 Å². The monoisotopic (exact) mass is 255 g/mol. The predicted octanol–water partition coefficient (Wildman–Crippen LogP) is 3.66. The average Bonchev–Trinajstić information content (AvgIpc) is 2.78. The van der Waals surface area contributed by atoms with Crippen molar-refractivity contribution >= 4 is 11.8 Å². The molecule has 92 valence electrons. The van der Waals surface area contributed by atoms with Crippen LogP contribution in [-0.2, 0) is 6.42 Å². The molecule has 0 aromatic heterocycles. The lowest BCUT2D eigenvalue weighted by molar-refractivity contribution is 0.584. The fourth-order valence-electron chi connectivity index (χ4n) is 2.60. The third-order valence-electron chi connectivity index (χ3n) is 3.54. The Morgan fingerprint density at radius 2 is 1.72 bits per heavy atom. The molecule has 1 N–H and O–H groups in total. The molecular weight excluding hydrogens is 238 g/mol. The highest BCUT2D eigenvalue weighted by Crippen LogP contribution is 2.44. The zero-order valence-corrected chi connectivity index (χ0v) is 11.3. The van der Waals surface area contributed by atoms with Crippen LogP contribution in [0.3, 0.4) is 0 Å². The first-order chi connectivity index (χ1) is 8.88. The zero-order valence-electron chi connectivity index (χ0n) is 10.5. The molecular formula is C16H17NS. The van der Waals surface area contributed by atoms with Gasteiger partial charge in [-0.15, -0.1) is 11.8 Å². The quantitative estimate of drug-likeness (QED) is 0.898. The maximum absolute atomic E-state index is 3.46. The lowest BCUT2D eigenvalue weighted by Crippen LogP contribution is -2.27. The molecule has 1 nitrogen and oxygen atoms in total. The lowest BCUT2D eigenvalue weighted by atomic mass is 10.1. The van der Waals surface area contributed by atoms with Crippen LogP contribution in [0.1, 0.15) is 16.4 Å². The van der Waals surface area contributed by atoms with Gasteiger partial charge in [0, 0.05) is 10.9 Å². The van der Waals surface area contributed by atoms with E-state index in [1.54, 1.807) is 0 Å². The van der Waals surface area contributed by atoms with E-state index in [2.05, 4.69) is 67.0 Å². The number of rotatable bonds is 3. The Balaban J connectivity index is 1.90. The molecule has 2 aromatic carbocycles. The largest absolute Gasteiger partial charge is 0.315 e. The van der Waals surface area contributed by atoms with Crippen molar-refractivity contribution in [3.8, 4) is 0 Å². The molecule has 3 rings (SSSR count). The molecule has 0 spiro atoms. The van der Waals surface area contributed by atoms with E-state index in [0.717, 1.165) is 6.42 Å². The van der Waals surface area contributed by atoms with Crippen LogP contribution in [0.15, 0.2) is 59.5 Å². The fourth-order valence-corrected chi connectivity index (χ4v) is 3.96. The maximum atomic E-state index is 3.46. The first-order valence-electron chi connectivity index (χ1n) is 6.35. The summed E-state index contributed by atoms with van der Waals surface area (Å²) in [5, 5.41) is 3.98. The molecule has 0 bridgehead atoms. The Labute approximate surface area is 113 Å². The van der Waals surface area contributed by atoms with E-state index < -0.39 is 0 Å². The van der Waals surface area contributed by atoms with Gasteiger partial charge in [0.15, 0.2) is 0 Å². The molecule has 2 unspecified atom stereocenters. The van der Waals surface area contributed by atoms with Crippen LogP contribution in [-0.4, -0.2) is 13.1 Å². The van der Waals surface area contributed by atoms with Crippen LogP contribution >= 0.6 is 11.8 Å². The Morgan fingerprint density at radius 1 is 1.00 bits per heavy atom. The smallest absolute Gasteiger partial charge is 0.0503 e. The molecule has 0 amide bonds. The minimum atomic E-state index is 0.522. The number of nitrogens with one attached hydrogen (secondary N) is 1. The molecule has 0 fully saturated rings. The topological polar surface area (TPSA) is 12.0 Å². The number of hydrogen-bond donors (Lipinski definition) is 1. The van der Waals surface area contributed by atoms with Crippen molar-refractivity contribution in [2.75, 3.05) is 7.05 Å². The summed E-state index contributed by atoms with van der Waals surface area (Å²) in [5.74, 6) is 0. The number of fused-ring (bicyclic) bond motifs is 1. The Bertz CT molecular complexity index is 524. The Kier molecular flexibility index (Phi) is 3.39. The van der Waals surface area contributed by atoms with Gasteiger partial charge in [-0.1, -0.05) is 42.5 Å². The van der Waals surface area contributed by atoms with Crippen molar-refractivity contribution in [1.29, 1.82) is 0 Å². The van der Waals surface area contributed by atoms with E-state index in [1.807, 2.05) is 11.8 Å². The van der Waals surface area contributed by atoms with Gasteiger partial charge >= 0.3 is 0 Å². The summed E-state index contributed by atoms with van der Waals surface area (Å²) in [4.78, 5) is 1.35. The molecule has 0 radical (unpaired) electrons. The first kappa shape index (κ1) is 11.8. The second-order valence-corrected chi connectivity index (χ2v) is 5.86. The van der Waals surface area contributed by atoms with E-state index in [9.17, 15) is 0 Å². The Hall–Kier alpha value is -1.25. The minimum Gasteiger partial charge on any atom is -0.315 e. The number of thioether (sulfide) groups is 1. The van der Waals surface area contributed by atoms with Crippen molar-refractivity contribution in [3.05, 3.63) is 65.7 Å². The standard InChI is InChI=1S/C16H17NS/c1-17-15-11-12-7-5-6-10-14(12)16(15)18-13-8-3-2-4-9-13/h2-10,15-17H,11H2,1H3. The number of hydrogen-bond acceptors (Lipinski definition) is 2. The summed E-state index contributed by atoms with van der Waals surface area (Å²) in [6.07, 6.45) is 1.14. The maximum Gasteiger partial charge on any atom is 0.0503 e. The molecule has 1 aliphatic rings. The van der Waals surface area contributed by atoms with Crippen LogP contribution < -0.4 is 5.32 Å². The minimum absolute atomic E-state index is 0.522. The second-order valence-electron chi connectivity index (χ2n) is 4.65. The van der Waals surface area contributed by atoms with Crippen LogP contribution in [0.2, 0.25) is 0 Å². The zero-order chi connectivity index (χ0) is 12.4. The van der Waals surface area contributed by atoms with Gasteiger partial charge in [0.05, 0.1) is 5.25 Å². The first-order valence-corrected chi connectivity index (χ1v) is 7.23. The summed E-state index contributed by atoms with van der Waals surface area (Å²) < 4.78 is 0. The molecule has 0 heterocycles. The van der Waals surface area contributed by atoms with E-state index >= 15 is 0 Å². The van der Waals surface area contributed by atoms with Gasteiger partial charge in [-0.05, 0) is 36.7 Å². The predicted molar refractivity (Wildman–Crippen MR) is 78.0 cm³/mol. The van der Waals surface area contributed by atoms with Gasteiger partial charge < -0.3 is 5.32 Å². The van der Waals surface area contributed by atoms with Crippen LogP contribution in [0.4, 0.5) is 0 Å². The SMILES string of the molecule is CNC1Cc2ccccc2C1Sc1ccccc1. The van der Waals surface area contributed by atoms with Crippen LogP contribution in [0.25, 0.3) is 0 Å². The summed E-state index contributed by atoms with van der Waals surface area (Å²) in [5.41, 5.74) is 2.98. The normalized spacial score (nSPS) is 21.8. The van der Waals surface area contributed by atoms with E-state index in [1.165, 1.54) is 16.0 Å². The number of benzene rings is 2. The van der Waals surface area contributed by atoms with Gasteiger partial charge in [0.1, 0.15) is 0 Å². The number of likely N-dealkylation sites (N-methyl/N-ethyl adjacent to an activating group) is 1. The van der Waals surface area contributed by atoms with Crippen LogP contribution in [0, 0.1) is 0 Å². The Morgan fingerprint density at radius 3 is 2.50 bits per heavy atom. The molecule has 18 heavy (non-hydrogen) atoms. The molecule has 1 aliphatic carbocycles. The fraction of sp³-hybridized carbons (Fsp3) is 0.250. The van der Waals surface area contributed by atoms with Crippen molar-refractivity contribution in [3.63, 3.8) is 0 Å². The van der Waals surface area contributed by atoms with Crippen molar-refractivity contribution < 1.29 is 0 Å². The van der Waals surface area contributed by atoms with E-state index in [-0.39, 0.29) is 0 Å². The van der Waals surface area contributed by atoms with Crippen molar-refractivity contribution in [1.82, 2.24) is 5.32 Å². The summed E-state index contributed by atoms with van der Waals surface area (Å²) in [6.45, 7) is 0. The molecule has 0 aliphatic heterocycles. The molecule has 2 heteroatoms.